The van der Waals surface area contributed by atoms with Gasteiger partial charge in [0.05, 0.1) is 6.54 Å². The minimum Gasteiger partial charge on any atom is -0.508 e. The molecule has 0 unspecified atom stereocenters. The number of hydrogen-bond acceptors (Lipinski definition) is 3. The maximum absolute atomic E-state index is 12.1. The van der Waals surface area contributed by atoms with Crippen molar-refractivity contribution < 1.29 is 14.6 Å². The Morgan fingerprint density at radius 2 is 1.69 bits per heavy atom. The van der Waals surface area contributed by atoms with E-state index in [-0.39, 0.29) is 24.8 Å². The van der Waals surface area contributed by atoms with Crippen LogP contribution in [0.5, 0.6) is 5.75 Å². The number of aromatic hydroxyl groups is 1. The van der Waals surface area contributed by atoms with Crippen LogP contribution in [0.1, 0.15) is 28.2 Å². The molecule has 0 aliphatic heterocycles. The van der Waals surface area contributed by atoms with Gasteiger partial charge < -0.3 is 15.2 Å². The molecule has 1 aliphatic rings. The number of fused-ring (bicyclic) bond motifs is 3. The summed E-state index contributed by atoms with van der Waals surface area (Å²) >= 11 is 0. The summed E-state index contributed by atoms with van der Waals surface area (Å²) in [6, 6.07) is 21.7. The van der Waals surface area contributed by atoms with E-state index in [0.717, 1.165) is 5.56 Å². The quantitative estimate of drug-likeness (QED) is 0.651. The Balaban J connectivity index is 1.35. The third kappa shape index (κ3) is 3.95. The topological polar surface area (TPSA) is 58.6 Å². The van der Waals surface area contributed by atoms with Crippen molar-refractivity contribution in [1.29, 1.82) is 0 Å². The molecule has 0 heterocycles. The zero-order valence-electron chi connectivity index (χ0n) is 16.1. The van der Waals surface area contributed by atoms with Gasteiger partial charge in [0.25, 0.3) is 0 Å². The molecule has 0 aromatic heterocycles. The third-order valence-corrected chi connectivity index (χ3v) is 5.11. The van der Waals surface area contributed by atoms with E-state index in [1.807, 2.05) is 37.3 Å². The minimum absolute atomic E-state index is 0.0368. The van der Waals surface area contributed by atoms with E-state index >= 15 is 0 Å². The predicted octanol–water partition coefficient (Wildman–Crippen LogP) is 4.59. The molecule has 0 fully saturated rings. The van der Waals surface area contributed by atoms with E-state index in [1.54, 1.807) is 12.1 Å². The standard InChI is InChI=1S/C25H21NO3/c1-17-12-13-18(15-24(17)27)7-6-14-26-25(28)29-16-23-21-10-4-2-8-19(21)20-9-3-5-11-22(20)23/h2-5,8-13,15,23,27H,14,16H2,1H3,(H,26,28). The van der Waals surface area contributed by atoms with Gasteiger partial charge in [0.15, 0.2) is 0 Å². The number of aryl methyl sites for hydroxylation is 1. The zero-order chi connectivity index (χ0) is 20.2. The van der Waals surface area contributed by atoms with Crippen LogP contribution in [0.3, 0.4) is 0 Å². The monoisotopic (exact) mass is 383 g/mol. The summed E-state index contributed by atoms with van der Waals surface area (Å²) in [6.07, 6.45) is -0.493. The van der Waals surface area contributed by atoms with Gasteiger partial charge in [-0.1, -0.05) is 66.4 Å². The van der Waals surface area contributed by atoms with Crippen molar-refractivity contribution in [2.24, 2.45) is 0 Å². The molecule has 1 aliphatic carbocycles. The lowest BCUT2D eigenvalue weighted by Gasteiger charge is -2.14. The lowest BCUT2D eigenvalue weighted by molar-refractivity contribution is 0.144. The molecule has 4 rings (SSSR count). The number of phenolic OH excluding ortho intramolecular Hbond substituents is 1. The fourth-order valence-electron chi connectivity index (χ4n) is 3.60. The number of nitrogens with one attached hydrogen (secondary N) is 1. The van der Waals surface area contributed by atoms with Crippen LogP contribution in [0.25, 0.3) is 11.1 Å². The van der Waals surface area contributed by atoms with Gasteiger partial charge in [-0.3, -0.25) is 0 Å². The van der Waals surface area contributed by atoms with Crippen LogP contribution in [-0.2, 0) is 4.74 Å². The lowest BCUT2D eigenvalue weighted by atomic mass is 9.98. The minimum atomic E-state index is -0.493. The lowest BCUT2D eigenvalue weighted by Crippen LogP contribution is -2.26. The van der Waals surface area contributed by atoms with Gasteiger partial charge in [-0.25, -0.2) is 4.79 Å². The van der Waals surface area contributed by atoms with E-state index in [9.17, 15) is 9.90 Å². The maximum atomic E-state index is 12.1. The number of ether oxygens (including phenoxy) is 1. The highest BCUT2D eigenvalue weighted by atomic mass is 16.5. The van der Waals surface area contributed by atoms with Crippen molar-refractivity contribution in [1.82, 2.24) is 5.32 Å². The predicted molar refractivity (Wildman–Crippen MR) is 113 cm³/mol. The van der Waals surface area contributed by atoms with Crippen molar-refractivity contribution >= 4 is 6.09 Å². The second kappa shape index (κ2) is 8.12. The number of amides is 1. The van der Waals surface area contributed by atoms with Gasteiger partial charge in [0, 0.05) is 11.5 Å². The number of alkyl carbamates (subject to hydrolysis) is 1. The molecule has 3 aromatic carbocycles. The molecule has 0 spiro atoms. The Labute approximate surface area is 170 Å². The number of benzene rings is 3. The zero-order valence-corrected chi connectivity index (χ0v) is 16.1. The molecule has 0 saturated carbocycles. The highest BCUT2D eigenvalue weighted by Crippen LogP contribution is 2.44. The first-order valence-corrected chi connectivity index (χ1v) is 9.51. The summed E-state index contributed by atoms with van der Waals surface area (Å²) < 4.78 is 5.47. The molecular weight excluding hydrogens is 362 g/mol. The van der Waals surface area contributed by atoms with E-state index in [4.69, 9.17) is 4.74 Å². The van der Waals surface area contributed by atoms with E-state index in [2.05, 4.69) is 41.4 Å². The van der Waals surface area contributed by atoms with Crippen LogP contribution in [0.2, 0.25) is 0 Å². The highest BCUT2D eigenvalue weighted by Gasteiger charge is 2.28. The number of hydrogen-bond donors (Lipinski definition) is 2. The molecule has 144 valence electrons. The average Bonchev–Trinajstić information content (AvgIpc) is 3.06. The molecular formula is C25H21NO3. The molecule has 0 radical (unpaired) electrons. The second-order valence-corrected chi connectivity index (χ2v) is 6.98. The van der Waals surface area contributed by atoms with Crippen molar-refractivity contribution in [3.05, 3.63) is 89.0 Å². The van der Waals surface area contributed by atoms with Crippen LogP contribution in [0.15, 0.2) is 66.7 Å². The Bertz CT molecular complexity index is 1080. The molecule has 4 nitrogen and oxygen atoms in total. The number of rotatable bonds is 3. The Morgan fingerprint density at radius 3 is 2.34 bits per heavy atom. The summed E-state index contributed by atoms with van der Waals surface area (Å²) in [7, 11) is 0. The summed E-state index contributed by atoms with van der Waals surface area (Å²) in [5, 5.41) is 12.4. The van der Waals surface area contributed by atoms with Crippen LogP contribution < -0.4 is 5.32 Å². The summed E-state index contributed by atoms with van der Waals surface area (Å²) in [5.41, 5.74) is 6.25. The first-order chi connectivity index (χ1) is 14.1. The summed E-state index contributed by atoms with van der Waals surface area (Å²) in [6.45, 7) is 2.27. The fraction of sp³-hybridized carbons (Fsp3) is 0.160. The van der Waals surface area contributed by atoms with Gasteiger partial charge in [-0.05, 0) is 46.9 Å². The molecule has 2 N–H and O–H groups in total. The van der Waals surface area contributed by atoms with Crippen molar-refractivity contribution in [3.8, 4) is 28.7 Å². The summed E-state index contributed by atoms with van der Waals surface area (Å²) in [5.74, 6) is 6.02. The highest BCUT2D eigenvalue weighted by molar-refractivity contribution is 5.79. The molecule has 0 bridgehead atoms. The van der Waals surface area contributed by atoms with Crippen LogP contribution in [0, 0.1) is 18.8 Å². The first kappa shape index (κ1) is 18.6. The maximum Gasteiger partial charge on any atom is 0.407 e. The molecule has 3 aromatic rings. The largest absolute Gasteiger partial charge is 0.508 e. The van der Waals surface area contributed by atoms with Crippen LogP contribution in [0.4, 0.5) is 4.79 Å². The Kier molecular flexibility index (Phi) is 5.22. The van der Waals surface area contributed by atoms with Gasteiger partial charge in [0.1, 0.15) is 12.4 Å². The van der Waals surface area contributed by atoms with E-state index < -0.39 is 6.09 Å². The van der Waals surface area contributed by atoms with Gasteiger partial charge in [-0.15, -0.1) is 0 Å². The molecule has 4 heteroatoms. The van der Waals surface area contributed by atoms with E-state index in [0.29, 0.717) is 5.56 Å². The van der Waals surface area contributed by atoms with Crippen molar-refractivity contribution in [2.45, 2.75) is 12.8 Å². The van der Waals surface area contributed by atoms with Crippen molar-refractivity contribution in [2.75, 3.05) is 13.2 Å². The van der Waals surface area contributed by atoms with Crippen LogP contribution in [-0.4, -0.2) is 24.4 Å². The fourth-order valence-corrected chi connectivity index (χ4v) is 3.60. The van der Waals surface area contributed by atoms with E-state index in [1.165, 1.54) is 22.3 Å². The first-order valence-electron chi connectivity index (χ1n) is 9.51. The third-order valence-electron chi connectivity index (χ3n) is 5.11. The normalized spacial score (nSPS) is 11.8. The second-order valence-electron chi connectivity index (χ2n) is 6.98. The Morgan fingerprint density at radius 1 is 1.03 bits per heavy atom. The van der Waals surface area contributed by atoms with Gasteiger partial charge in [0.2, 0.25) is 0 Å². The van der Waals surface area contributed by atoms with Crippen LogP contribution >= 0.6 is 0 Å². The molecule has 0 saturated heterocycles. The number of carbonyl (C=O) groups excluding carboxylic acids is 1. The Hall–Kier alpha value is -3.71. The number of carbonyl (C=O) groups is 1. The molecule has 1 amide bonds. The number of phenols is 1. The molecule has 0 atom stereocenters. The van der Waals surface area contributed by atoms with Crippen molar-refractivity contribution in [3.63, 3.8) is 0 Å². The average molecular weight is 383 g/mol. The van der Waals surface area contributed by atoms with Gasteiger partial charge in [-0.2, -0.15) is 0 Å². The molecule has 29 heavy (non-hydrogen) atoms. The SMILES string of the molecule is Cc1ccc(C#CCNC(=O)OCC2c3ccccc3-c3ccccc32)cc1O. The van der Waals surface area contributed by atoms with Gasteiger partial charge >= 0.3 is 6.09 Å². The summed E-state index contributed by atoms with van der Waals surface area (Å²) in [4.78, 5) is 12.1. The smallest absolute Gasteiger partial charge is 0.407 e.